The lowest BCUT2D eigenvalue weighted by molar-refractivity contribution is -0.120. The maximum atomic E-state index is 11.7. The summed E-state index contributed by atoms with van der Waals surface area (Å²) in [6.45, 7) is 2.34. The van der Waals surface area contributed by atoms with E-state index in [0.29, 0.717) is 13.0 Å². The van der Waals surface area contributed by atoms with Gasteiger partial charge in [0.05, 0.1) is 18.2 Å². The van der Waals surface area contributed by atoms with E-state index in [1.807, 2.05) is 43.3 Å². The number of aliphatic hydroxyl groups is 1. The zero-order chi connectivity index (χ0) is 14.4. The Kier molecular flexibility index (Phi) is 4.90. The Morgan fingerprint density at radius 3 is 2.80 bits per heavy atom. The molecule has 106 valence electrons. The van der Waals surface area contributed by atoms with E-state index >= 15 is 0 Å². The van der Waals surface area contributed by atoms with Crippen molar-refractivity contribution in [1.82, 2.24) is 15.5 Å². The monoisotopic (exact) mass is 273 g/mol. The molecule has 1 amide bonds. The number of aryl methyl sites for hydroxylation is 1. The van der Waals surface area contributed by atoms with Crippen LogP contribution in [0.15, 0.2) is 36.4 Å². The third-order valence-corrected chi connectivity index (χ3v) is 3.02. The van der Waals surface area contributed by atoms with Crippen LogP contribution in [-0.4, -0.2) is 27.8 Å². The molecule has 1 unspecified atom stereocenters. The first-order chi connectivity index (χ1) is 9.65. The zero-order valence-corrected chi connectivity index (χ0v) is 11.5. The molecule has 1 aromatic carbocycles. The second kappa shape index (κ2) is 6.86. The van der Waals surface area contributed by atoms with E-state index in [4.69, 9.17) is 0 Å². The van der Waals surface area contributed by atoms with Gasteiger partial charge in [-0.25, -0.2) is 0 Å². The average Bonchev–Trinajstić information content (AvgIpc) is 2.85. The van der Waals surface area contributed by atoms with Gasteiger partial charge in [0.25, 0.3) is 0 Å². The van der Waals surface area contributed by atoms with Crippen molar-refractivity contribution >= 4 is 5.91 Å². The number of carbonyl (C=O) groups excluding carboxylic acids is 1. The van der Waals surface area contributed by atoms with Crippen molar-refractivity contribution in [2.75, 3.05) is 6.54 Å². The largest absolute Gasteiger partial charge is 0.388 e. The number of nitrogens with zero attached hydrogens (tertiary/aromatic N) is 1. The van der Waals surface area contributed by atoms with Crippen molar-refractivity contribution in [1.29, 1.82) is 0 Å². The molecule has 2 aromatic rings. The van der Waals surface area contributed by atoms with Crippen molar-refractivity contribution < 1.29 is 9.90 Å². The molecule has 0 radical (unpaired) electrons. The number of H-pyrrole nitrogens is 1. The molecule has 0 saturated heterocycles. The van der Waals surface area contributed by atoms with Crippen LogP contribution in [0.5, 0.6) is 0 Å². The minimum absolute atomic E-state index is 0.0863. The van der Waals surface area contributed by atoms with Crippen molar-refractivity contribution in [2.24, 2.45) is 0 Å². The second-order valence-electron chi connectivity index (χ2n) is 4.78. The number of aliphatic hydroxyl groups excluding tert-OH is 1. The molecule has 5 heteroatoms. The minimum atomic E-state index is -0.552. The fourth-order valence-electron chi connectivity index (χ4n) is 1.98. The first kappa shape index (κ1) is 14.3. The number of hydrogen-bond acceptors (Lipinski definition) is 3. The molecule has 2 rings (SSSR count). The Balaban J connectivity index is 1.71. The van der Waals surface area contributed by atoms with Gasteiger partial charge in [0, 0.05) is 12.2 Å². The van der Waals surface area contributed by atoms with Crippen LogP contribution in [0.25, 0.3) is 0 Å². The van der Waals surface area contributed by atoms with Gasteiger partial charge in [0.15, 0.2) is 0 Å². The van der Waals surface area contributed by atoms with Gasteiger partial charge in [0.2, 0.25) is 5.91 Å². The number of nitrogens with one attached hydrogen (secondary N) is 2. The van der Waals surface area contributed by atoms with Crippen LogP contribution in [0.2, 0.25) is 0 Å². The topological polar surface area (TPSA) is 78.0 Å². The van der Waals surface area contributed by atoms with E-state index in [2.05, 4.69) is 15.5 Å². The quantitative estimate of drug-likeness (QED) is 0.746. The van der Waals surface area contributed by atoms with Crippen molar-refractivity contribution in [3.8, 4) is 0 Å². The highest BCUT2D eigenvalue weighted by Gasteiger charge is 2.09. The maximum Gasteiger partial charge on any atom is 0.226 e. The van der Waals surface area contributed by atoms with E-state index in [1.54, 1.807) is 0 Å². The standard InChI is InChI=1S/C15H19N3O2/c1-11-9-13(18-17-11)10-15(20)16-8-7-14(19)12-5-3-2-4-6-12/h2-6,9,14,19H,7-8,10H2,1H3,(H,16,20)(H,17,18). The van der Waals surface area contributed by atoms with Gasteiger partial charge in [0.1, 0.15) is 0 Å². The molecule has 0 fully saturated rings. The number of aromatic nitrogens is 2. The molecule has 1 atom stereocenters. The summed E-state index contributed by atoms with van der Waals surface area (Å²) in [7, 11) is 0. The molecule has 1 aromatic heterocycles. The van der Waals surface area contributed by atoms with Crippen LogP contribution >= 0.6 is 0 Å². The molecular weight excluding hydrogens is 254 g/mol. The Labute approximate surface area is 118 Å². The third-order valence-electron chi connectivity index (χ3n) is 3.02. The lowest BCUT2D eigenvalue weighted by Crippen LogP contribution is -2.27. The summed E-state index contributed by atoms with van der Waals surface area (Å²) in [5.41, 5.74) is 2.53. The first-order valence-corrected chi connectivity index (χ1v) is 6.66. The minimum Gasteiger partial charge on any atom is -0.388 e. The Morgan fingerprint density at radius 1 is 1.40 bits per heavy atom. The second-order valence-corrected chi connectivity index (χ2v) is 4.78. The first-order valence-electron chi connectivity index (χ1n) is 6.66. The lowest BCUT2D eigenvalue weighted by Gasteiger charge is -2.11. The third kappa shape index (κ3) is 4.20. The normalized spacial score (nSPS) is 12.1. The highest BCUT2D eigenvalue weighted by molar-refractivity contribution is 5.78. The molecule has 0 bridgehead atoms. The van der Waals surface area contributed by atoms with Gasteiger partial charge >= 0.3 is 0 Å². The van der Waals surface area contributed by atoms with Gasteiger partial charge in [-0.15, -0.1) is 0 Å². The van der Waals surface area contributed by atoms with Gasteiger partial charge in [-0.1, -0.05) is 30.3 Å². The van der Waals surface area contributed by atoms with Crippen molar-refractivity contribution in [3.05, 3.63) is 53.3 Å². The predicted octanol–water partition coefficient (Wildman–Crippen LogP) is 1.50. The summed E-state index contributed by atoms with van der Waals surface area (Å²) < 4.78 is 0. The Morgan fingerprint density at radius 2 is 2.15 bits per heavy atom. The molecule has 0 saturated carbocycles. The molecule has 0 aliphatic heterocycles. The molecule has 1 heterocycles. The molecule has 0 aliphatic rings. The van der Waals surface area contributed by atoms with Gasteiger partial charge < -0.3 is 10.4 Å². The van der Waals surface area contributed by atoms with Crippen LogP contribution in [0.4, 0.5) is 0 Å². The smallest absolute Gasteiger partial charge is 0.226 e. The zero-order valence-electron chi connectivity index (χ0n) is 11.5. The van der Waals surface area contributed by atoms with Crippen LogP contribution in [-0.2, 0) is 11.2 Å². The van der Waals surface area contributed by atoms with Gasteiger partial charge in [-0.3, -0.25) is 9.89 Å². The summed E-state index contributed by atoms with van der Waals surface area (Å²) in [5.74, 6) is -0.0863. The number of benzene rings is 1. The highest BCUT2D eigenvalue weighted by atomic mass is 16.3. The number of carbonyl (C=O) groups is 1. The maximum absolute atomic E-state index is 11.7. The van der Waals surface area contributed by atoms with E-state index in [9.17, 15) is 9.90 Å². The van der Waals surface area contributed by atoms with Crippen molar-refractivity contribution in [2.45, 2.75) is 25.9 Å². The summed E-state index contributed by atoms with van der Waals surface area (Å²) in [4.78, 5) is 11.7. The Bertz CT molecular complexity index is 551. The van der Waals surface area contributed by atoms with E-state index < -0.39 is 6.10 Å². The molecule has 3 N–H and O–H groups in total. The number of hydrogen-bond donors (Lipinski definition) is 3. The summed E-state index contributed by atoms with van der Waals surface area (Å²) in [6, 6.07) is 11.3. The SMILES string of the molecule is Cc1cc(CC(=O)NCCC(O)c2ccccc2)n[nH]1. The average molecular weight is 273 g/mol. The van der Waals surface area contributed by atoms with E-state index in [-0.39, 0.29) is 12.3 Å². The Hall–Kier alpha value is -2.14. The van der Waals surface area contributed by atoms with E-state index in [0.717, 1.165) is 17.0 Å². The summed E-state index contributed by atoms with van der Waals surface area (Å²) in [5, 5.41) is 19.6. The van der Waals surface area contributed by atoms with Crippen molar-refractivity contribution in [3.63, 3.8) is 0 Å². The molecule has 0 spiro atoms. The van der Waals surface area contributed by atoms with E-state index in [1.165, 1.54) is 0 Å². The van der Waals surface area contributed by atoms with Gasteiger partial charge in [-0.2, -0.15) is 5.10 Å². The highest BCUT2D eigenvalue weighted by Crippen LogP contribution is 2.14. The fraction of sp³-hybridized carbons (Fsp3) is 0.333. The molecule has 0 aliphatic carbocycles. The number of aromatic amines is 1. The summed E-state index contributed by atoms with van der Waals surface area (Å²) >= 11 is 0. The van der Waals surface area contributed by atoms with Crippen LogP contribution in [0.1, 0.15) is 29.5 Å². The molecule has 5 nitrogen and oxygen atoms in total. The summed E-state index contributed by atoms with van der Waals surface area (Å²) in [6.07, 6.45) is 0.199. The van der Waals surface area contributed by atoms with Crippen LogP contribution in [0, 0.1) is 6.92 Å². The molecular formula is C15H19N3O2. The predicted molar refractivity (Wildman–Crippen MR) is 76.1 cm³/mol. The molecule has 20 heavy (non-hydrogen) atoms. The number of rotatable bonds is 6. The van der Waals surface area contributed by atoms with Crippen LogP contribution < -0.4 is 5.32 Å². The fourth-order valence-corrected chi connectivity index (χ4v) is 1.98. The lowest BCUT2D eigenvalue weighted by atomic mass is 10.1. The van der Waals surface area contributed by atoms with Gasteiger partial charge in [-0.05, 0) is 25.0 Å². The van der Waals surface area contributed by atoms with Crippen LogP contribution in [0.3, 0.4) is 0 Å². The number of amides is 1.